The number of aliphatic hydroxyl groups is 1. The largest absolute Gasteiger partial charge is 1.00 e. The third-order valence-corrected chi connectivity index (χ3v) is 9.89. The van der Waals surface area contributed by atoms with Crippen molar-refractivity contribution in [2.24, 2.45) is 11.8 Å². The molecule has 198 valence electrons. The van der Waals surface area contributed by atoms with Crippen LogP contribution >= 0.6 is 22.7 Å². The summed E-state index contributed by atoms with van der Waals surface area (Å²) in [6, 6.07) is 16.9. The van der Waals surface area contributed by atoms with Crippen molar-refractivity contribution in [1.29, 1.82) is 0 Å². The van der Waals surface area contributed by atoms with Crippen LogP contribution in [0.3, 0.4) is 0 Å². The van der Waals surface area contributed by atoms with Crippen LogP contribution in [0.15, 0.2) is 65.4 Å². The molecular weight excluding hydrogens is 572 g/mol. The van der Waals surface area contributed by atoms with Gasteiger partial charge in [-0.15, -0.1) is 22.7 Å². The van der Waals surface area contributed by atoms with E-state index in [0.29, 0.717) is 33.8 Å². The number of nitrogens with one attached hydrogen (secondary N) is 1. The summed E-state index contributed by atoms with van der Waals surface area (Å²) in [7, 11) is 4.42. The number of halogens is 1. The van der Waals surface area contributed by atoms with Gasteiger partial charge in [0.25, 0.3) is 5.91 Å². The van der Waals surface area contributed by atoms with Crippen LogP contribution in [0.2, 0.25) is 0 Å². The molecule has 2 saturated carbocycles. The van der Waals surface area contributed by atoms with Crippen molar-refractivity contribution < 1.29 is 40.9 Å². The van der Waals surface area contributed by atoms with E-state index in [0.717, 1.165) is 30.3 Å². The number of rotatable bonds is 9. The molecule has 37 heavy (non-hydrogen) atoms. The lowest BCUT2D eigenvalue weighted by Gasteiger charge is -2.39. The molecule has 1 amide bonds. The first-order valence-corrected chi connectivity index (χ1v) is 14.2. The quantitative estimate of drug-likeness (QED) is 0.285. The molecule has 0 saturated heterocycles. The number of likely N-dealkylation sites (N-methyl/N-ethyl adjacent to an activating group) is 1. The number of hydrogen-bond acceptors (Lipinski definition) is 6. The summed E-state index contributed by atoms with van der Waals surface area (Å²) in [5.41, 5.74) is -1.11. The maximum atomic E-state index is 13.5. The van der Waals surface area contributed by atoms with Gasteiger partial charge in [0.1, 0.15) is 6.10 Å². The molecule has 1 aromatic carbocycles. The summed E-state index contributed by atoms with van der Waals surface area (Å²) in [5, 5.41) is 18.4. The number of carbonyl (C=O) groups excluding carboxylic acids is 2. The molecule has 2 bridgehead atoms. The van der Waals surface area contributed by atoms with E-state index < -0.39 is 11.6 Å². The van der Waals surface area contributed by atoms with Gasteiger partial charge in [-0.1, -0.05) is 30.3 Å². The number of hydrogen-bond donors (Lipinski definition) is 2. The molecule has 0 aliphatic heterocycles. The van der Waals surface area contributed by atoms with E-state index in [1.807, 2.05) is 53.2 Å². The standard InChI is InChI=1S/C28H32N2O4S2.BrH/c1-30(2,15-14-29-26(31)19-8-4-3-5-9-19)25-20-12-13-21(25)22(18-20)34-27(32)28(33,23-10-6-16-35-23)24-11-7-17-36-24;/h3-11,16-17,20-22,25,33H,12-15,18H2,1-2H3;1H. The van der Waals surface area contributed by atoms with Gasteiger partial charge in [0.2, 0.25) is 5.60 Å². The molecular formula is C28H33BrN2O4S2. The topological polar surface area (TPSA) is 75.6 Å². The lowest BCUT2D eigenvalue weighted by atomic mass is 9.96. The van der Waals surface area contributed by atoms with E-state index in [-0.39, 0.29) is 34.9 Å². The summed E-state index contributed by atoms with van der Waals surface area (Å²) >= 11 is 2.72. The van der Waals surface area contributed by atoms with E-state index in [1.54, 1.807) is 12.1 Å². The van der Waals surface area contributed by atoms with Gasteiger partial charge < -0.3 is 36.6 Å². The van der Waals surface area contributed by atoms with E-state index >= 15 is 0 Å². The molecule has 0 spiro atoms. The lowest BCUT2D eigenvalue weighted by molar-refractivity contribution is -0.918. The zero-order chi connectivity index (χ0) is 25.3. The number of ether oxygens (including phenoxy) is 1. The Morgan fingerprint density at radius 2 is 1.68 bits per heavy atom. The molecule has 9 heteroatoms. The number of esters is 1. The lowest BCUT2D eigenvalue weighted by Crippen LogP contribution is -3.00. The summed E-state index contributed by atoms with van der Waals surface area (Å²) in [4.78, 5) is 27.1. The van der Waals surface area contributed by atoms with Crippen molar-refractivity contribution in [3.63, 3.8) is 0 Å². The Labute approximate surface area is 236 Å². The van der Waals surface area contributed by atoms with Gasteiger partial charge in [0.05, 0.1) is 43.0 Å². The molecule has 3 aromatic rings. The molecule has 2 N–H and O–H groups in total. The highest BCUT2D eigenvalue weighted by molar-refractivity contribution is 7.12. The minimum absolute atomic E-state index is 0. The van der Waals surface area contributed by atoms with Crippen molar-refractivity contribution in [3.8, 4) is 0 Å². The SMILES string of the molecule is C[N+](C)(CCNC(=O)c1ccccc1)C1C2CCC1C(OC(=O)C(O)(c1cccs1)c1cccs1)C2.[Br-]. The monoisotopic (exact) mass is 604 g/mol. The van der Waals surface area contributed by atoms with Gasteiger partial charge in [-0.05, 0) is 54.3 Å². The predicted molar refractivity (Wildman–Crippen MR) is 142 cm³/mol. The number of benzene rings is 1. The van der Waals surface area contributed by atoms with E-state index in [4.69, 9.17) is 4.74 Å². The van der Waals surface area contributed by atoms with Crippen LogP contribution in [0.5, 0.6) is 0 Å². The predicted octanol–water partition coefficient (Wildman–Crippen LogP) is 1.27. The Morgan fingerprint density at radius 3 is 2.27 bits per heavy atom. The maximum absolute atomic E-state index is 13.5. The van der Waals surface area contributed by atoms with Crippen molar-refractivity contribution in [3.05, 3.63) is 80.7 Å². The fraction of sp³-hybridized carbons (Fsp3) is 0.429. The smallest absolute Gasteiger partial charge is 0.349 e. The molecule has 4 unspecified atom stereocenters. The van der Waals surface area contributed by atoms with Crippen LogP contribution in [0.1, 0.15) is 39.4 Å². The first-order chi connectivity index (χ1) is 17.3. The minimum atomic E-state index is -1.77. The van der Waals surface area contributed by atoms with Crippen LogP contribution in [0.25, 0.3) is 0 Å². The third kappa shape index (κ3) is 5.43. The Bertz CT molecular complexity index is 1150. The van der Waals surface area contributed by atoms with Crippen molar-refractivity contribution >= 4 is 34.6 Å². The zero-order valence-electron chi connectivity index (χ0n) is 21.0. The van der Waals surface area contributed by atoms with E-state index in [9.17, 15) is 14.7 Å². The van der Waals surface area contributed by atoms with E-state index in [2.05, 4.69) is 19.4 Å². The van der Waals surface area contributed by atoms with Gasteiger partial charge in [0, 0.05) is 17.4 Å². The van der Waals surface area contributed by atoms with Crippen LogP contribution in [-0.4, -0.2) is 60.8 Å². The maximum Gasteiger partial charge on any atom is 0.349 e. The number of fused-ring (bicyclic) bond motifs is 2. The van der Waals surface area contributed by atoms with Crippen LogP contribution < -0.4 is 22.3 Å². The first-order valence-electron chi connectivity index (χ1n) is 12.5. The molecule has 5 rings (SSSR count). The second-order valence-corrected chi connectivity index (χ2v) is 12.4. The van der Waals surface area contributed by atoms with Gasteiger partial charge in [-0.25, -0.2) is 4.79 Å². The first kappa shape index (κ1) is 28.0. The summed E-state index contributed by atoms with van der Waals surface area (Å²) in [6.45, 7) is 1.38. The van der Waals surface area contributed by atoms with Crippen LogP contribution in [-0.2, 0) is 15.1 Å². The Kier molecular flexibility index (Phi) is 8.60. The van der Waals surface area contributed by atoms with Gasteiger partial charge in [-0.3, -0.25) is 4.79 Å². The number of amides is 1. The summed E-state index contributed by atoms with van der Waals surface area (Å²) in [6.07, 6.45) is 2.76. The van der Waals surface area contributed by atoms with Crippen molar-refractivity contribution in [2.75, 3.05) is 27.2 Å². The average Bonchev–Trinajstić information content (AvgIpc) is 3.68. The zero-order valence-corrected chi connectivity index (χ0v) is 24.2. The molecule has 2 heterocycles. The normalized spacial score (nSPS) is 22.9. The van der Waals surface area contributed by atoms with Gasteiger partial charge in [-0.2, -0.15) is 0 Å². The van der Waals surface area contributed by atoms with Gasteiger partial charge in [0.15, 0.2) is 0 Å². The molecule has 6 nitrogen and oxygen atoms in total. The minimum Gasteiger partial charge on any atom is -1.00 e. The molecule has 2 fully saturated rings. The van der Waals surface area contributed by atoms with Crippen LogP contribution in [0.4, 0.5) is 0 Å². The highest BCUT2D eigenvalue weighted by Gasteiger charge is 2.58. The molecule has 2 aromatic heterocycles. The van der Waals surface area contributed by atoms with Gasteiger partial charge >= 0.3 is 5.97 Å². The number of thiophene rings is 2. The summed E-state index contributed by atoms with van der Waals surface area (Å²) < 4.78 is 6.89. The second-order valence-electron chi connectivity index (χ2n) is 10.5. The Balaban J connectivity index is 0.00000320. The fourth-order valence-electron chi connectivity index (χ4n) is 6.27. The number of nitrogens with zero attached hydrogens (tertiary/aromatic N) is 1. The second kappa shape index (κ2) is 11.4. The molecule has 2 aliphatic carbocycles. The highest BCUT2D eigenvalue weighted by Crippen LogP contribution is 2.51. The Morgan fingerprint density at radius 1 is 1.03 bits per heavy atom. The fourth-order valence-corrected chi connectivity index (χ4v) is 7.99. The van der Waals surface area contributed by atoms with E-state index in [1.165, 1.54) is 22.7 Å². The third-order valence-electron chi connectivity index (χ3n) is 7.93. The molecule has 4 atom stereocenters. The molecule has 0 radical (unpaired) electrons. The average molecular weight is 606 g/mol. The van der Waals surface area contributed by atoms with Crippen LogP contribution in [0, 0.1) is 11.8 Å². The number of quaternary nitrogens is 1. The Hall–Kier alpha value is -2.04. The number of carbonyl (C=O) groups is 2. The highest BCUT2D eigenvalue weighted by atomic mass is 79.9. The summed E-state index contributed by atoms with van der Waals surface area (Å²) in [5.74, 6) is 0.0706. The van der Waals surface area contributed by atoms with Crippen molar-refractivity contribution in [1.82, 2.24) is 5.32 Å². The van der Waals surface area contributed by atoms with Crippen molar-refractivity contribution in [2.45, 2.75) is 37.0 Å². The molecule has 2 aliphatic rings.